The number of hydrogen-bond acceptors (Lipinski definition) is 1. The Morgan fingerprint density at radius 1 is 1.27 bits per heavy atom. The second kappa shape index (κ2) is 1.95. The molecule has 11 heavy (non-hydrogen) atoms. The van der Waals surface area contributed by atoms with Crippen molar-refractivity contribution in [3.8, 4) is 0 Å². The largest absolute Gasteiger partial charge is 0.316 e. The molecule has 2 bridgehead atoms. The van der Waals surface area contributed by atoms with E-state index in [1.165, 1.54) is 0 Å². The molecule has 0 saturated carbocycles. The van der Waals surface area contributed by atoms with Crippen LogP contribution in [-0.4, -0.2) is 36.4 Å². The number of fused-ring (bicyclic) bond motifs is 2. The van der Waals surface area contributed by atoms with Crippen LogP contribution in [0.25, 0.3) is 0 Å². The summed E-state index contributed by atoms with van der Waals surface area (Å²) in [7, 11) is 4.42. The molecule has 2 aliphatic rings. The predicted octanol–water partition coefficient (Wildman–Crippen LogP) is 0.733. The molecule has 0 aromatic heterocycles. The summed E-state index contributed by atoms with van der Waals surface area (Å²) < 4.78 is 0.992. The monoisotopic (exact) mass is 152 g/mol. The van der Waals surface area contributed by atoms with Crippen molar-refractivity contribution in [1.82, 2.24) is 0 Å². The van der Waals surface area contributed by atoms with Crippen LogP contribution in [-0.2, 0) is 4.79 Å². The molecule has 1 saturated heterocycles. The van der Waals surface area contributed by atoms with Gasteiger partial charge in [0.05, 0.1) is 26.9 Å². The van der Waals surface area contributed by atoms with E-state index in [2.05, 4.69) is 26.2 Å². The molecule has 0 aliphatic carbocycles. The zero-order valence-corrected chi connectivity index (χ0v) is 7.08. The van der Waals surface area contributed by atoms with Crippen LogP contribution in [0.15, 0.2) is 12.2 Å². The quantitative estimate of drug-likeness (QED) is 0.369. The van der Waals surface area contributed by atoms with Gasteiger partial charge >= 0.3 is 0 Å². The van der Waals surface area contributed by atoms with Gasteiger partial charge in [-0.25, -0.2) is 0 Å². The van der Waals surface area contributed by atoms with E-state index < -0.39 is 0 Å². The average Bonchev–Trinajstić information content (AvgIpc) is 2.19. The molecular weight excluding hydrogens is 138 g/mol. The Bertz CT molecular complexity index is 210. The minimum atomic E-state index is 0.433. The van der Waals surface area contributed by atoms with Crippen LogP contribution in [0.4, 0.5) is 0 Å². The summed E-state index contributed by atoms with van der Waals surface area (Å²) in [4.78, 5) is 11.2. The van der Waals surface area contributed by atoms with Crippen molar-refractivity contribution < 1.29 is 9.28 Å². The van der Waals surface area contributed by atoms with Gasteiger partial charge in [-0.3, -0.25) is 4.79 Å². The van der Waals surface area contributed by atoms with E-state index in [0.717, 1.165) is 17.3 Å². The maximum atomic E-state index is 11.2. The lowest BCUT2D eigenvalue weighted by atomic mass is 9.99. The van der Waals surface area contributed by atoms with Gasteiger partial charge in [0.2, 0.25) is 0 Å². The first-order valence-corrected chi connectivity index (χ1v) is 4.14. The Morgan fingerprint density at radius 2 is 1.73 bits per heavy atom. The maximum Gasteiger partial charge on any atom is 0.145 e. The van der Waals surface area contributed by atoms with Gasteiger partial charge in [-0.1, -0.05) is 0 Å². The number of ketones is 1. The summed E-state index contributed by atoms with van der Waals surface area (Å²) in [6.07, 6.45) is 5.91. The Labute approximate surface area is 67.1 Å². The van der Waals surface area contributed by atoms with Gasteiger partial charge in [-0.05, 0) is 12.2 Å². The van der Waals surface area contributed by atoms with Crippen molar-refractivity contribution >= 4 is 5.78 Å². The fourth-order valence-electron chi connectivity index (χ4n) is 2.10. The molecule has 2 unspecified atom stereocenters. The third kappa shape index (κ3) is 0.857. The molecule has 60 valence electrons. The molecule has 0 radical (unpaired) electrons. The van der Waals surface area contributed by atoms with Crippen molar-refractivity contribution in [1.29, 1.82) is 0 Å². The second-order valence-corrected chi connectivity index (χ2v) is 4.10. The van der Waals surface area contributed by atoms with E-state index >= 15 is 0 Å². The van der Waals surface area contributed by atoms with Gasteiger partial charge in [0.15, 0.2) is 0 Å². The lowest BCUT2D eigenvalue weighted by Gasteiger charge is -2.40. The van der Waals surface area contributed by atoms with Gasteiger partial charge in [0, 0.05) is 0 Å². The van der Waals surface area contributed by atoms with Crippen LogP contribution in [0, 0.1) is 0 Å². The highest BCUT2D eigenvalue weighted by molar-refractivity contribution is 5.81. The summed E-state index contributed by atoms with van der Waals surface area (Å²) in [5.74, 6) is 0.433. The summed E-state index contributed by atoms with van der Waals surface area (Å²) in [6, 6.07) is 0.919. The molecule has 2 nitrogen and oxygen atoms in total. The van der Waals surface area contributed by atoms with E-state index in [-0.39, 0.29) is 0 Å². The lowest BCUT2D eigenvalue weighted by Crippen LogP contribution is -2.55. The second-order valence-electron chi connectivity index (χ2n) is 4.10. The summed E-state index contributed by atoms with van der Waals surface area (Å²) >= 11 is 0. The topological polar surface area (TPSA) is 17.1 Å². The zero-order valence-electron chi connectivity index (χ0n) is 7.08. The van der Waals surface area contributed by atoms with Crippen LogP contribution in [0.3, 0.4) is 0 Å². The smallest absolute Gasteiger partial charge is 0.145 e. The molecule has 2 heterocycles. The van der Waals surface area contributed by atoms with Crippen LogP contribution in [0.2, 0.25) is 0 Å². The normalized spacial score (nSPS) is 39.6. The molecule has 0 amide bonds. The number of hydrogen-bond donors (Lipinski definition) is 0. The Balaban J connectivity index is 2.30. The number of nitrogens with zero attached hydrogens (tertiary/aromatic N) is 1. The predicted molar refractivity (Wildman–Crippen MR) is 43.1 cm³/mol. The maximum absolute atomic E-state index is 11.2. The Morgan fingerprint density at radius 3 is 2.18 bits per heavy atom. The molecule has 2 atom stereocenters. The van der Waals surface area contributed by atoms with Crippen LogP contribution >= 0.6 is 0 Å². The molecular formula is C9H14NO+. The zero-order chi connectivity index (χ0) is 8.06. The van der Waals surface area contributed by atoms with Gasteiger partial charge in [-0.2, -0.15) is 0 Å². The Kier molecular flexibility index (Phi) is 1.25. The molecule has 0 N–H and O–H groups in total. The fourth-order valence-corrected chi connectivity index (χ4v) is 2.10. The average molecular weight is 152 g/mol. The molecule has 0 spiro atoms. The molecule has 2 rings (SSSR count). The van der Waals surface area contributed by atoms with E-state index in [9.17, 15) is 4.79 Å². The molecule has 1 fully saturated rings. The highest BCUT2D eigenvalue weighted by Crippen LogP contribution is 2.32. The van der Waals surface area contributed by atoms with Crippen molar-refractivity contribution in [2.75, 3.05) is 14.1 Å². The van der Waals surface area contributed by atoms with Crippen molar-refractivity contribution in [2.24, 2.45) is 0 Å². The van der Waals surface area contributed by atoms with Crippen molar-refractivity contribution in [3.63, 3.8) is 0 Å². The Hall–Kier alpha value is -0.630. The van der Waals surface area contributed by atoms with Gasteiger partial charge < -0.3 is 4.48 Å². The SMILES string of the molecule is C[N+]1(C)C2C=CC1CC(=O)C2. The lowest BCUT2D eigenvalue weighted by molar-refractivity contribution is -0.922. The van der Waals surface area contributed by atoms with Crippen molar-refractivity contribution in [3.05, 3.63) is 12.2 Å². The number of quaternary nitrogens is 1. The van der Waals surface area contributed by atoms with Crippen LogP contribution < -0.4 is 0 Å². The van der Waals surface area contributed by atoms with E-state index in [0.29, 0.717) is 17.9 Å². The third-order valence-corrected chi connectivity index (χ3v) is 3.14. The van der Waals surface area contributed by atoms with Crippen LogP contribution in [0.5, 0.6) is 0 Å². The molecule has 2 aliphatic heterocycles. The number of likely N-dealkylation sites (N-methyl/N-ethyl adjacent to an activating group) is 1. The van der Waals surface area contributed by atoms with Gasteiger partial charge in [0.1, 0.15) is 17.9 Å². The van der Waals surface area contributed by atoms with E-state index in [1.807, 2.05) is 0 Å². The molecule has 0 aromatic carbocycles. The number of Topliss-reactive ketones (excluding diaryl/α,β-unsaturated/α-hetero) is 1. The number of carbonyl (C=O) groups excluding carboxylic acids is 1. The number of piperidine rings is 1. The van der Waals surface area contributed by atoms with Crippen LogP contribution in [0.1, 0.15) is 12.8 Å². The minimum absolute atomic E-state index is 0.433. The first-order valence-electron chi connectivity index (χ1n) is 4.14. The standard InChI is InChI=1S/C9H14NO/c1-10(2)7-3-4-8(10)6-9(11)5-7/h3-4,7-8H,5-6H2,1-2H3/q+1. The van der Waals surface area contributed by atoms with Gasteiger partial charge in [-0.15, -0.1) is 0 Å². The molecule has 2 heteroatoms. The third-order valence-electron chi connectivity index (χ3n) is 3.14. The van der Waals surface area contributed by atoms with Gasteiger partial charge in [0.25, 0.3) is 0 Å². The first kappa shape index (κ1) is 7.04. The highest BCUT2D eigenvalue weighted by atomic mass is 16.1. The summed E-state index contributed by atoms with van der Waals surface area (Å²) in [5, 5.41) is 0. The number of rotatable bonds is 0. The van der Waals surface area contributed by atoms with E-state index in [4.69, 9.17) is 0 Å². The molecule has 0 aromatic rings. The fraction of sp³-hybridized carbons (Fsp3) is 0.667. The minimum Gasteiger partial charge on any atom is -0.316 e. The highest BCUT2D eigenvalue weighted by Gasteiger charge is 2.44. The summed E-state index contributed by atoms with van der Waals surface area (Å²) in [6.45, 7) is 0. The van der Waals surface area contributed by atoms with E-state index in [1.54, 1.807) is 0 Å². The number of carbonyl (C=O) groups is 1. The first-order chi connectivity index (χ1) is 5.10. The summed E-state index contributed by atoms with van der Waals surface area (Å²) in [5.41, 5.74) is 0. The van der Waals surface area contributed by atoms with Crippen molar-refractivity contribution in [2.45, 2.75) is 24.9 Å².